The van der Waals surface area contributed by atoms with E-state index in [1.165, 1.54) is 0 Å². The Bertz CT molecular complexity index is 166. The first-order chi connectivity index (χ1) is 4.20. The number of hydrogen-bond acceptors (Lipinski definition) is 3. The minimum atomic E-state index is -0.320. The molecule has 9 heavy (non-hydrogen) atoms. The lowest BCUT2D eigenvalue weighted by atomic mass is 10.3. The molecule has 0 saturated carbocycles. The van der Waals surface area contributed by atoms with Gasteiger partial charge in [-0.25, -0.2) is 0 Å². The van der Waals surface area contributed by atoms with E-state index in [9.17, 15) is 4.79 Å². The van der Waals surface area contributed by atoms with Gasteiger partial charge in [0.15, 0.2) is 0 Å². The molecule has 2 N–H and O–H groups in total. The lowest BCUT2D eigenvalue weighted by molar-refractivity contribution is -0.118. The van der Waals surface area contributed by atoms with Crippen LogP contribution in [0.15, 0.2) is 4.99 Å². The van der Waals surface area contributed by atoms with Crippen LogP contribution in [0.25, 0.3) is 0 Å². The number of amides is 1. The highest BCUT2D eigenvalue weighted by Crippen LogP contribution is 2.16. The third-order valence-electron chi connectivity index (χ3n) is 1.12. The van der Waals surface area contributed by atoms with E-state index in [2.05, 4.69) is 4.99 Å². The first-order valence-corrected chi connectivity index (χ1v) is 3.65. The molecule has 1 heterocycles. The number of thioether (sulfide) groups is 1. The second-order valence-electron chi connectivity index (χ2n) is 1.88. The Kier molecular flexibility index (Phi) is 1.75. The minimum absolute atomic E-state index is 0.269. The Morgan fingerprint density at radius 3 is 2.89 bits per heavy atom. The fourth-order valence-corrected chi connectivity index (χ4v) is 1.48. The number of primary amides is 1. The number of carbonyl (C=O) groups excluding carboxylic acids is 1. The summed E-state index contributed by atoms with van der Waals surface area (Å²) in [5.41, 5.74) is 5.00. The van der Waals surface area contributed by atoms with Crippen LogP contribution in [0.3, 0.4) is 0 Å². The molecule has 0 fully saturated rings. The molecule has 1 aliphatic rings. The lowest BCUT2D eigenvalue weighted by Crippen LogP contribution is -2.26. The maximum atomic E-state index is 10.4. The van der Waals surface area contributed by atoms with Gasteiger partial charge in [0.05, 0.1) is 5.04 Å². The van der Waals surface area contributed by atoms with Gasteiger partial charge >= 0.3 is 0 Å². The molecule has 0 radical (unpaired) electrons. The number of rotatable bonds is 1. The summed E-state index contributed by atoms with van der Waals surface area (Å²) in [6.45, 7) is 1.88. The van der Waals surface area contributed by atoms with Gasteiger partial charge in [-0.05, 0) is 6.92 Å². The zero-order chi connectivity index (χ0) is 6.85. The van der Waals surface area contributed by atoms with Crippen molar-refractivity contribution in [3.8, 4) is 0 Å². The van der Waals surface area contributed by atoms with Crippen LogP contribution in [0.5, 0.6) is 0 Å². The van der Waals surface area contributed by atoms with Gasteiger partial charge in [0.25, 0.3) is 0 Å². The summed E-state index contributed by atoms with van der Waals surface area (Å²) in [6.07, 6.45) is 0. The summed E-state index contributed by atoms with van der Waals surface area (Å²) < 4.78 is 0. The molecule has 1 atom stereocenters. The van der Waals surface area contributed by atoms with Crippen LogP contribution >= 0.6 is 11.8 Å². The van der Waals surface area contributed by atoms with Crippen LogP contribution in [0.4, 0.5) is 0 Å². The quantitative estimate of drug-likeness (QED) is 0.563. The standard InChI is InChI=1S/C5H8N2OS/c1-3-7-4(2-9-3)5(6)8/h4H,2H2,1H3,(H2,6,8)/t4-/m0/s1. The van der Waals surface area contributed by atoms with Crippen molar-refractivity contribution in [2.45, 2.75) is 13.0 Å². The SMILES string of the molecule is CC1=N[C@H](C(N)=O)CS1. The van der Waals surface area contributed by atoms with Gasteiger partial charge in [0.2, 0.25) is 5.91 Å². The highest BCUT2D eigenvalue weighted by molar-refractivity contribution is 8.14. The van der Waals surface area contributed by atoms with Gasteiger partial charge in [-0.3, -0.25) is 9.79 Å². The third kappa shape index (κ3) is 1.45. The molecule has 50 valence electrons. The van der Waals surface area contributed by atoms with Crippen LogP contribution in [0.1, 0.15) is 6.92 Å². The summed E-state index contributed by atoms with van der Waals surface area (Å²) in [5, 5.41) is 0.957. The molecule has 0 unspecified atom stereocenters. The van der Waals surface area contributed by atoms with Crippen molar-refractivity contribution in [3.05, 3.63) is 0 Å². The molecule has 0 spiro atoms. The van der Waals surface area contributed by atoms with Crippen molar-refractivity contribution < 1.29 is 4.79 Å². The molecule has 0 aromatic carbocycles. The Morgan fingerprint density at radius 2 is 2.67 bits per heavy atom. The molecular weight excluding hydrogens is 136 g/mol. The predicted molar refractivity (Wildman–Crippen MR) is 38.5 cm³/mol. The minimum Gasteiger partial charge on any atom is -0.368 e. The largest absolute Gasteiger partial charge is 0.368 e. The van der Waals surface area contributed by atoms with Gasteiger partial charge < -0.3 is 5.73 Å². The number of nitrogens with zero attached hydrogens (tertiary/aromatic N) is 1. The van der Waals surface area contributed by atoms with Gasteiger partial charge in [-0.15, -0.1) is 11.8 Å². The van der Waals surface area contributed by atoms with Crippen LogP contribution in [0, 0.1) is 0 Å². The Balaban J connectivity index is 2.57. The maximum absolute atomic E-state index is 10.4. The number of hydrogen-bond donors (Lipinski definition) is 1. The summed E-state index contributed by atoms with van der Waals surface area (Å²) in [4.78, 5) is 14.4. The zero-order valence-corrected chi connectivity index (χ0v) is 5.94. The van der Waals surface area contributed by atoms with E-state index in [0.29, 0.717) is 0 Å². The Labute approximate surface area is 57.7 Å². The van der Waals surface area contributed by atoms with Crippen LogP contribution < -0.4 is 5.73 Å². The monoisotopic (exact) mass is 144 g/mol. The smallest absolute Gasteiger partial charge is 0.243 e. The van der Waals surface area contributed by atoms with E-state index in [1.54, 1.807) is 11.8 Å². The number of aliphatic imine (C=N–C) groups is 1. The molecule has 0 saturated heterocycles. The van der Waals surface area contributed by atoms with E-state index in [4.69, 9.17) is 5.73 Å². The second-order valence-corrected chi connectivity index (χ2v) is 3.09. The van der Waals surface area contributed by atoms with E-state index >= 15 is 0 Å². The molecule has 1 rings (SSSR count). The molecule has 0 aliphatic carbocycles. The third-order valence-corrected chi connectivity index (χ3v) is 2.12. The highest BCUT2D eigenvalue weighted by Gasteiger charge is 2.19. The van der Waals surface area contributed by atoms with Crippen molar-refractivity contribution in [2.24, 2.45) is 10.7 Å². The Morgan fingerprint density at radius 1 is 2.00 bits per heavy atom. The van der Waals surface area contributed by atoms with Crippen LogP contribution in [-0.4, -0.2) is 22.7 Å². The summed E-state index contributed by atoms with van der Waals surface area (Å²) in [5.74, 6) is 0.403. The van der Waals surface area contributed by atoms with E-state index in [0.717, 1.165) is 10.8 Å². The van der Waals surface area contributed by atoms with E-state index < -0.39 is 0 Å². The average molecular weight is 144 g/mol. The summed E-state index contributed by atoms with van der Waals surface area (Å²) in [7, 11) is 0. The molecule has 0 aromatic rings. The molecular formula is C5H8N2OS. The van der Waals surface area contributed by atoms with Crippen molar-refractivity contribution in [3.63, 3.8) is 0 Å². The van der Waals surface area contributed by atoms with E-state index in [1.807, 2.05) is 6.92 Å². The van der Waals surface area contributed by atoms with Gasteiger partial charge in [0.1, 0.15) is 6.04 Å². The van der Waals surface area contributed by atoms with Crippen LogP contribution in [0.2, 0.25) is 0 Å². The first kappa shape index (κ1) is 6.61. The van der Waals surface area contributed by atoms with Crippen molar-refractivity contribution in [1.82, 2.24) is 0 Å². The predicted octanol–water partition coefficient (Wildman–Crippen LogP) is 0.00550. The second kappa shape index (κ2) is 2.39. The normalized spacial score (nSPS) is 25.9. The molecule has 0 aromatic heterocycles. The maximum Gasteiger partial charge on any atom is 0.243 e. The summed E-state index contributed by atoms with van der Waals surface area (Å²) >= 11 is 1.58. The fourth-order valence-electron chi connectivity index (χ4n) is 0.639. The molecule has 0 bridgehead atoms. The van der Waals surface area contributed by atoms with Crippen molar-refractivity contribution in [2.75, 3.05) is 5.75 Å². The molecule has 4 heteroatoms. The highest BCUT2D eigenvalue weighted by atomic mass is 32.2. The molecule has 1 aliphatic heterocycles. The van der Waals surface area contributed by atoms with E-state index in [-0.39, 0.29) is 11.9 Å². The van der Waals surface area contributed by atoms with Crippen molar-refractivity contribution in [1.29, 1.82) is 0 Å². The average Bonchev–Trinajstić information content (AvgIpc) is 2.14. The molecule has 1 amide bonds. The van der Waals surface area contributed by atoms with Crippen LogP contribution in [-0.2, 0) is 4.79 Å². The fraction of sp³-hybridized carbons (Fsp3) is 0.600. The number of nitrogens with two attached hydrogens (primary N) is 1. The summed E-state index contributed by atoms with van der Waals surface area (Å²) in [6, 6.07) is -0.269. The Hall–Kier alpha value is -0.510. The van der Waals surface area contributed by atoms with Gasteiger partial charge in [-0.2, -0.15) is 0 Å². The molecule has 3 nitrogen and oxygen atoms in total. The first-order valence-electron chi connectivity index (χ1n) is 2.66. The lowest BCUT2D eigenvalue weighted by Gasteiger charge is -1.95. The van der Waals surface area contributed by atoms with Gasteiger partial charge in [0, 0.05) is 5.75 Å². The number of carbonyl (C=O) groups is 1. The zero-order valence-electron chi connectivity index (χ0n) is 5.13. The topological polar surface area (TPSA) is 55.4 Å². The van der Waals surface area contributed by atoms with Crippen molar-refractivity contribution >= 4 is 22.7 Å². The van der Waals surface area contributed by atoms with Gasteiger partial charge in [-0.1, -0.05) is 0 Å².